The number of nitrogens with one attached hydrogen (secondary N) is 5. The van der Waals surface area contributed by atoms with Gasteiger partial charge >= 0.3 is 5.97 Å². The lowest BCUT2D eigenvalue weighted by atomic mass is 9.94. The average Bonchev–Trinajstić information content (AvgIpc) is 3.00. The Morgan fingerprint density at radius 2 is 1.26 bits per heavy atom. The number of carbonyl (C=O) groups excluding carboxylic acids is 6. The Bertz CT molecular complexity index is 1130. The molecular weight excluding hydrogens is 620 g/mol. The normalized spacial score (nSPS) is 16.0. The van der Waals surface area contributed by atoms with Crippen LogP contribution < -0.4 is 49.5 Å². The highest BCUT2D eigenvalue weighted by Crippen LogP contribution is 2.13. The van der Waals surface area contributed by atoms with Crippen LogP contribution in [0.2, 0.25) is 0 Å². The van der Waals surface area contributed by atoms with E-state index in [9.17, 15) is 43.8 Å². The summed E-state index contributed by atoms with van der Waals surface area (Å²) in [5.74, 6) is -7.38. The minimum absolute atomic E-state index is 0.0215. The van der Waals surface area contributed by atoms with Gasteiger partial charge < -0.3 is 59.7 Å². The fourth-order valence-electron chi connectivity index (χ4n) is 4.08. The van der Waals surface area contributed by atoms with Crippen molar-refractivity contribution in [3.8, 4) is 0 Å². The van der Waals surface area contributed by atoms with Crippen LogP contribution in [0.4, 0.5) is 0 Å². The van der Waals surface area contributed by atoms with Gasteiger partial charge in [-0.25, -0.2) is 4.79 Å². The molecular formula is C28H52N10O9. The van der Waals surface area contributed by atoms with Crippen molar-refractivity contribution in [1.29, 1.82) is 0 Å². The molecule has 268 valence electrons. The number of carbonyl (C=O) groups is 7. The molecule has 0 saturated carbocycles. The molecule has 19 heteroatoms. The van der Waals surface area contributed by atoms with E-state index in [0.717, 1.165) is 0 Å². The molecule has 8 atom stereocenters. The van der Waals surface area contributed by atoms with Crippen molar-refractivity contribution in [1.82, 2.24) is 26.6 Å². The zero-order valence-corrected chi connectivity index (χ0v) is 27.6. The van der Waals surface area contributed by atoms with Crippen LogP contribution in [-0.4, -0.2) is 107 Å². The predicted octanol–water partition coefficient (Wildman–Crippen LogP) is -4.14. The fourth-order valence-corrected chi connectivity index (χ4v) is 4.08. The Hall–Kier alpha value is -4.52. The lowest BCUT2D eigenvalue weighted by molar-refractivity contribution is -0.143. The van der Waals surface area contributed by atoms with Gasteiger partial charge in [-0.05, 0) is 31.6 Å². The number of nitrogens with zero attached hydrogens (tertiary/aromatic N) is 1. The molecule has 0 aromatic carbocycles. The van der Waals surface area contributed by atoms with Crippen LogP contribution in [0, 0.1) is 11.8 Å². The Labute approximate surface area is 273 Å². The minimum atomic E-state index is -1.50. The maximum Gasteiger partial charge on any atom is 0.326 e. The molecule has 0 aliphatic heterocycles. The molecule has 0 aromatic heterocycles. The molecule has 0 aliphatic carbocycles. The molecule has 0 saturated heterocycles. The van der Waals surface area contributed by atoms with Crippen molar-refractivity contribution >= 4 is 47.4 Å². The molecule has 15 N–H and O–H groups in total. The predicted molar refractivity (Wildman–Crippen MR) is 171 cm³/mol. The van der Waals surface area contributed by atoms with Crippen LogP contribution in [-0.2, 0) is 33.6 Å². The Balaban J connectivity index is 5.66. The second kappa shape index (κ2) is 21.3. The Morgan fingerprint density at radius 1 is 0.745 bits per heavy atom. The molecule has 0 fully saturated rings. The lowest BCUT2D eigenvalue weighted by Gasteiger charge is -2.29. The third-order valence-electron chi connectivity index (χ3n) is 7.45. The highest BCUT2D eigenvalue weighted by molar-refractivity contribution is 5.96. The first-order chi connectivity index (χ1) is 21.9. The monoisotopic (exact) mass is 672 g/mol. The van der Waals surface area contributed by atoms with Gasteiger partial charge in [-0.15, -0.1) is 0 Å². The number of nitrogens with two attached hydrogens (primary N) is 4. The van der Waals surface area contributed by atoms with Crippen LogP contribution in [0.25, 0.3) is 0 Å². The van der Waals surface area contributed by atoms with Crippen molar-refractivity contribution in [3.05, 3.63) is 0 Å². The summed E-state index contributed by atoms with van der Waals surface area (Å²) in [6, 6.07) is -6.49. The van der Waals surface area contributed by atoms with Gasteiger partial charge in [0, 0.05) is 6.54 Å². The summed E-state index contributed by atoms with van der Waals surface area (Å²) in [5.41, 5.74) is 21.3. The quantitative estimate of drug-likeness (QED) is 0.0297. The molecule has 6 amide bonds. The number of rotatable bonds is 22. The van der Waals surface area contributed by atoms with Crippen molar-refractivity contribution in [2.75, 3.05) is 13.1 Å². The number of aliphatic carboxylic acids is 1. The number of amides is 6. The summed E-state index contributed by atoms with van der Waals surface area (Å²) in [7, 11) is 0. The van der Waals surface area contributed by atoms with Gasteiger partial charge in [0.2, 0.25) is 35.4 Å². The van der Waals surface area contributed by atoms with Gasteiger partial charge in [-0.3, -0.25) is 33.8 Å². The number of aliphatic hydroxyl groups is 1. The molecule has 0 aromatic rings. The first kappa shape index (κ1) is 42.5. The van der Waals surface area contributed by atoms with Crippen LogP contribution in [0.1, 0.15) is 66.7 Å². The first-order valence-corrected chi connectivity index (χ1v) is 15.3. The Kier molecular flexibility index (Phi) is 19.3. The van der Waals surface area contributed by atoms with E-state index in [1.54, 1.807) is 27.7 Å². The number of aliphatic imine (C=N–C) groups is 1. The first-order valence-electron chi connectivity index (χ1n) is 15.3. The molecule has 0 heterocycles. The molecule has 0 aliphatic rings. The van der Waals surface area contributed by atoms with E-state index in [2.05, 4.69) is 31.6 Å². The van der Waals surface area contributed by atoms with Gasteiger partial charge in [0.15, 0.2) is 5.96 Å². The van der Waals surface area contributed by atoms with Gasteiger partial charge in [0.1, 0.15) is 30.2 Å². The number of carboxylic acid groups (broad SMARTS) is 1. The standard InChI is InChI=1S/C28H52N10O9/c1-6-13(3)21(37-19(41)12-34-23(42)17(11-18(29)40)36-24(43)20(30)15(5)39)26(45)38-22(14(4)7-2)25(44)35-16(27(46)47)9-8-10-33-28(31)32/h13-17,20-22,39H,6-12,30H2,1-5H3,(H2,29,40)(H,34,42)(H,35,44)(H,36,43)(H,37,41)(H,38,45)(H,46,47)(H4,31,32,33). The minimum Gasteiger partial charge on any atom is -0.480 e. The van der Waals surface area contributed by atoms with Crippen LogP contribution >= 0.6 is 0 Å². The maximum absolute atomic E-state index is 13.4. The van der Waals surface area contributed by atoms with Gasteiger partial charge in [0.05, 0.1) is 19.1 Å². The summed E-state index contributed by atoms with van der Waals surface area (Å²) < 4.78 is 0. The zero-order chi connectivity index (χ0) is 36.4. The third-order valence-corrected chi connectivity index (χ3v) is 7.45. The van der Waals surface area contributed by atoms with Crippen LogP contribution in [0.15, 0.2) is 4.99 Å². The van der Waals surface area contributed by atoms with E-state index in [0.29, 0.717) is 12.8 Å². The summed E-state index contributed by atoms with van der Waals surface area (Å²) in [5, 5.41) is 31.2. The second-order valence-corrected chi connectivity index (χ2v) is 11.4. The second-order valence-electron chi connectivity index (χ2n) is 11.4. The summed E-state index contributed by atoms with van der Waals surface area (Å²) in [4.78, 5) is 91.4. The van der Waals surface area contributed by atoms with Crippen molar-refractivity contribution in [2.24, 2.45) is 39.8 Å². The third kappa shape index (κ3) is 16.0. The molecule has 0 rings (SSSR count). The molecule has 0 bridgehead atoms. The molecule has 0 radical (unpaired) electrons. The van der Waals surface area contributed by atoms with E-state index >= 15 is 0 Å². The van der Waals surface area contributed by atoms with E-state index in [4.69, 9.17) is 22.9 Å². The molecule has 0 spiro atoms. The molecule has 47 heavy (non-hydrogen) atoms. The number of carboxylic acids is 1. The van der Waals surface area contributed by atoms with E-state index in [-0.39, 0.29) is 25.3 Å². The van der Waals surface area contributed by atoms with Gasteiger partial charge in [-0.1, -0.05) is 40.5 Å². The number of primary amides is 1. The van der Waals surface area contributed by atoms with Crippen LogP contribution in [0.3, 0.4) is 0 Å². The largest absolute Gasteiger partial charge is 0.480 e. The number of hydrogen-bond donors (Lipinski definition) is 11. The molecule has 19 nitrogen and oxygen atoms in total. The number of guanidine groups is 1. The topological polar surface area (TPSA) is 337 Å². The number of aliphatic hydroxyl groups excluding tert-OH is 1. The fraction of sp³-hybridized carbons (Fsp3) is 0.714. The smallest absolute Gasteiger partial charge is 0.326 e. The van der Waals surface area contributed by atoms with Gasteiger partial charge in [-0.2, -0.15) is 0 Å². The zero-order valence-electron chi connectivity index (χ0n) is 27.6. The average molecular weight is 673 g/mol. The summed E-state index contributed by atoms with van der Waals surface area (Å²) >= 11 is 0. The molecule has 8 unspecified atom stereocenters. The van der Waals surface area contributed by atoms with Crippen LogP contribution in [0.5, 0.6) is 0 Å². The maximum atomic E-state index is 13.4. The number of hydrogen-bond acceptors (Lipinski definition) is 10. The summed E-state index contributed by atoms with van der Waals surface area (Å²) in [6.07, 6.45) is -0.724. The highest BCUT2D eigenvalue weighted by Gasteiger charge is 2.34. The lowest BCUT2D eigenvalue weighted by Crippen LogP contribution is -2.59. The SMILES string of the molecule is CCC(C)C(NC(=O)CNC(=O)C(CC(N)=O)NC(=O)C(N)C(C)O)C(=O)NC(C(=O)NC(CCCN=C(N)N)C(=O)O)C(C)CC. The summed E-state index contributed by atoms with van der Waals surface area (Å²) in [6.45, 7) is 7.67. The Morgan fingerprint density at radius 3 is 1.72 bits per heavy atom. The highest BCUT2D eigenvalue weighted by atomic mass is 16.4. The van der Waals surface area contributed by atoms with Crippen molar-refractivity contribution < 1.29 is 43.8 Å². The van der Waals surface area contributed by atoms with Crippen molar-refractivity contribution in [2.45, 2.75) is 103 Å². The van der Waals surface area contributed by atoms with Crippen molar-refractivity contribution in [3.63, 3.8) is 0 Å². The van der Waals surface area contributed by atoms with E-state index in [1.807, 2.05) is 0 Å². The van der Waals surface area contributed by atoms with E-state index in [1.165, 1.54) is 6.92 Å². The van der Waals surface area contributed by atoms with Gasteiger partial charge in [0.25, 0.3) is 0 Å². The van der Waals surface area contributed by atoms with E-state index < -0.39 is 103 Å².